The lowest BCUT2D eigenvalue weighted by Gasteiger charge is -2.21. The van der Waals surface area contributed by atoms with Gasteiger partial charge in [-0.1, -0.05) is 124 Å². The van der Waals surface area contributed by atoms with E-state index in [1.165, 1.54) is 10.9 Å². The van der Waals surface area contributed by atoms with Crippen LogP contribution in [0.25, 0.3) is 60.9 Å². The molecule has 308 valence electrons. The first-order valence-electron chi connectivity index (χ1n) is 21.9. The van der Waals surface area contributed by atoms with Gasteiger partial charge in [-0.3, -0.25) is 4.57 Å². The third-order valence-electron chi connectivity index (χ3n) is 12.3. The van der Waals surface area contributed by atoms with Gasteiger partial charge in [0.05, 0.1) is 39.1 Å². The van der Waals surface area contributed by atoms with Crippen molar-refractivity contribution in [2.45, 2.75) is 52.0 Å². The fourth-order valence-corrected chi connectivity index (χ4v) is 9.16. The smallest absolute Gasteiger partial charge is 0.137 e. The summed E-state index contributed by atoms with van der Waals surface area (Å²) in [6.45, 7) is 7.68. The molecule has 0 amide bonds. The first-order valence-corrected chi connectivity index (χ1v) is 21.9. The first-order chi connectivity index (χ1) is 30.8. The maximum Gasteiger partial charge on any atom is 0.137 e. The van der Waals surface area contributed by atoms with Crippen LogP contribution in [0.5, 0.6) is 11.5 Å². The lowest BCUT2D eigenvalue weighted by molar-refractivity contribution is 0.483. The van der Waals surface area contributed by atoms with Crippen molar-refractivity contribution in [2.75, 3.05) is 10.6 Å². The number of imidazole rings is 1. The van der Waals surface area contributed by atoms with E-state index in [2.05, 4.69) is 198 Å². The van der Waals surface area contributed by atoms with Crippen molar-refractivity contribution in [1.82, 2.24) is 19.1 Å². The molecular weight excluding hydrogens is 773 g/mol. The average Bonchev–Trinajstić information content (AvgIpc) is 3.84. The highest BCUT2D eigenvalue weighted by Gasteiger charge is 2.21. The lowest BCUT2D eigenvalue weighted by Crippen LogP contribution is -2.12. The fraction of sp³-hybridized carbons (Fsp3) is 0.143. The van der Waals surface area contributed by atoms with Gasteiger partial charge in [0.1, 0.15) is 23.1 Å². The van der Waals surface area contributed by atoms with Crippen LogP contribution in [0.2, 0.25) is 0 Å². The number of fused-ring (bicyclic) bond motifs is 6. The van der Waals surface area contributed by atoms with Crippen LogP contribution in [0.3, 0.4) is 0 Å². The molecule has 3 aromatic heterocycles. The molecule has 7 nitrogen and oxygen atoms in total. The Morgan fingerprint density at radius 3 is 2.05 bits per heavy atom. The molecule has 2 N–H and O–H groups in total. The van der Waals surface area contributed by atoms with Gasteiger partial charge >= 0.3 is 0 Å². The molecule has 63 heavy (non-hydrogen) atoms. The topological polar surface area (TPSA) is 68.9 Å². The number of para-hydroxylation sites is 2. The van der Waals surface area contributed by atoms with Crippen molar-refractivity contribution >= 4 is 55.6 Å². The molecule has 0 atom stereocenters. The van der Waals surface area contributed by atoms with E-state index < -0.39 is 0 Å². The Hall–Kier alpha value is -7.64. The van der Waals surface area contributed by atoms with Crippen molar-refractivity contribution in [3.05, 3.63) is 187 Å². The van der Waals surface area contributed by atoms with E-state index in [-0.39, 0.29) is 5.41 Å². The second-order valence-electron chi connectivity index (χ2n) is 17.5. The van der Waals surface area contributed by atoms with Crippen LogP contribution >= 0.6 is 0 Å². The fourth-order valence-electron chi connectivity index (χ4n) is 9.16. The molecule has 1 aliphatic heterocycles. The number of rotatable bonds is 9. The van der Waals surface area contributed by atoms with Gasteiger partial charge in [-0.05, 0) is 89.5 Å². The first kappa shape index (κ1) is 38.3. The van der Waals surface area contributed by atoms with E-state index in [0.717, 1.165) is 121 Å². The summed E-state index contributed by atoms with van der Waals surface area (Å²) >= 11 is 0. The highest BCUT2D eigenvalue weighted by molar-refractivity contribution is 6.09. The maximum absolute atomic E-state index is 6.71. The third-order valence-corrected chi connectivity index (χ3v) is 12.3. The molecule has 10 aromatic rings. The Labute approximate surface area is 367 Å². The van der Waals surface area contributed by atoms with Crippen molar-refractivity contribution in [3.8, 4) is 39.6 Å². The number of benzene rings is 7. The number of hydrogen-bond acceptors (Lipinski definition) is 5. The second kappa shape index (κ2) is 15.7. The van der Waals surface area contributed by atoms with Crippen molar-refractivity contribution in [2.24, 2.45) is 0 Å². The molecule has 0 saturated heterocycles. The van der Waals surface area contributed by atoms with Gasteiger partial charge in [0.25, 0.3) is 0 Å². The van der Waals surface area contributed by atoms with Gasteiger partial charge in [-0.15, -0.1) is 0 Å². The molecule has 0 radical (unpaired) electrons. The van der Waals surface area contributed by atoms with E-state index in [4.69, 9.17) is 14.7 Å². The summed E-state index contributed by atoms with van der Waals surface area (Å²) in [5.41, 5.74) is 13.9. The molecule has 0 saturated carbocycles. The van der Waals surface area contributed by atoms with Crippen molar-refractivity contribution in [1.29, 1.82) is 0 Å². The zero-order chi connectivity index (χ0) is 42.5. The Morgan fingerprint density at radius 2 is 1.27 bits per heavy atom. The second-order valence-corrected chi connectivity index (χ2v) is 17.5. The Bertz CT molecular complexity index is 3250. The maximum atomic E-state index is 6.71. The summed E-state index contributed by atoms with van der Waals surface area (Å²) in [6.07, 6.45) is 5.22. The van der Waals surface area contributed by atoms with Crippen LogP contribution < -0.4 is 15.4 Å². The largest absolute Gasteiger partial charge is 0.457 e. The molecule has 0 fully saturated rings. The molecular formula is C56H48N6O. The summed E-state index contributed by atoms with van der Waals surface area (Å²) in [5.74, 6) is 3.51. The SMILES string of the molecule is CC(C)(C)c1ccnc(-n2c3ccccc3c3ccc(Oc4cccc(Nc5cc6nc7n(c6cc5Nc5c(-c6ccccc6)cccc5-c5ccccc5)CCCC7)c4)cc32)c1. The van der Waals surface area contributed by atoms with Crippen LogP contribution in [0.15, 0.2) is 176 Å². The predicted octanol–water partition coefficient (Wildman–Crippen LogP) is 14.8. The number of ether oxygens (including phenoxy) is 1. The molecule has 0 bridgehead atoms. The molecule has 0 unspecified atom stereocenters. The monoisotopic (exact) mass is 820 g/mol. The van der Waals surface area contributed by atoms with E-state index in [9.17, 15) is 0 Å². The van der Waals surface area contributed by atoms with E-state index >= 15 is 0 Å². The Kier molecular flexibility index (Phi) is 9.53. The number of aryl methyl sites for hydroxylation is 2. The van der Waals surface area contributed by atoms with Crippen LogP contribution in [0.1, 0.15) is 45.0 Å². The normalized spacial score (nSPS) is 12.7. The standard InChI is InChI=1S/C56H48N6O/c1-56(2,3)39-29-30-57-54(32-39)62-50-25-11-10-22-45(50)46-28-27-42(34-51(46)62)63-41-21-14-20-40(33-41)58-47-35-49-52(61-31-13-12-26-53(61)59-49)36-48(47)60-55-43(37-16-6-4-7-17-37)23-15-24-44(55)38-18-8-5-9-19-38/h4-11,14-25,27-30,32-36,58,60H,12-13,26,31H2,1-3H3. The van der Waals surface area contributed by atoms with Gasteiger partial charge in [-0.2, -0.15) is 0 Å². The van der Waals surface area contributed by atoms with Gasteiger partial charge in [0, 0.05) is 58.9 Å². The molecule has 7 aromatic carbocycles. The zero-order valence-corrected chi connectivity index (χ0v) is 35.8. The van der Waals surface area contributed by atoms with E-state index in [1.54, 1.807) is 0 Å². The summed E-state index contributed by atoms with van der Waals surface area (Å²) in [5, 5.41) is 10.1. The summed E-state index contributed by atoms with van der Waals surface area (Å²) < 4.78 is 11.4. The number of nitrogens with one attached hydrogen (secondary N) is 2. The number of pyridine rings is 1. The van der Waals surface area contributed by atoms with Crippen LogP contribution in [0, 0.1) is 0 Å². The van der Waals surface area contributed by atoms with Crippen LogP contribution in [-0.4, -0.2) is 19.1 Å². The Balaban J connectivity index is 0.981. The highest BCUT2D eigenvalue weighted by Crippen LogP contribution is 2.43. The number of hydrogen-bond donors (Lipinski definition) is 2. The highest BCUT2D eigenvalue weighted by atomic mass is 16.5. The van der Waals surface area contributed by atoms with Gasteiger partial charge < -0.3 is 19.9 Å². The Morgan fingerprint density at radius 1 is 0.571 bits per heavy atom. The zero-order valence-electron chi connectivity index (χ0n) is 35.8. The summed E-state index contributed by atoms with van der Waals surface area (Å²) in [4.78, 5) is 10.0. The molecule has 7 heteroatoms. The molecule has 11 rings (SSSR count). The van der Waals surface area contributed by atoms with Gasteiger partial charge in [0.2, 0.25) is 0 Å². The minimum Gasteiger partial charge on any atom is -0.457 e. The van der Waals surface area contributed by atoms with E-state index in [1.807, 2.05) is 18.3 Å². The van der Waals surface area contributed by atoms with Crippen LogP contribution in [0.4, 0.5) is 22.7 Å². The minimum atomic E-state index is -0.0117. The number of anilines is 4. The quantitative estimate of drug-likeness (QED) is 0.152. The predicted molar refractivity (Wildman–Crippen MR) is 260 cm³/mol. The summed E-state index contributed by atoms with van der Waals surface area (Å²) in [6, 6.07) is 59.6. The van der Waals surface area contributed by atoms with Gasteiger partial charge in [0.15, 0.2) is 0 Å². The molecule has 4 heterocycles. The van der Waals surface area contributed by atoms with Crippen molar-refractivity contribution < 1.29 is 4.74 Å². The number of aromatic nitrogens is 4. The third kappa shape index (κ3) is 7.25. The van der Waals surface area contributed by atoms with Gasteiger partial charge in [-0.25, -0.2) is 9.97 Å². The summed E-state index contributed by atoms with van der Waals surface area (Å²) in [7, 11) is 0. The lowest BCUT2D eigenvalue weighted by atomic mass is 9.88. The molecule has 1 aliphatic rings. The van der Waals surface area contributed by atoms with Crippen molar-refractivity contribution in [3.63, 3.8) is 0 Å². The molecule has 0 aliphatic carbocycles. The average molecular weight is 821 g/mol. The minimum absolute atomic E-state index is 0.0117. The number of nitrogens with zero attached hydrogens (tertiary/aromatic N) is 4. The molecule has 0 spiro atoms. The van der Waals surface area contributed by atoms with Crippen LogP contribution in [-0.2, 0) is 18.4 Å². The van der Waals surface area contributed by atoms with E-state index in [0.29, 0.717) is 0 Å².